The van der Waals surface area contributed by atoms with E-state index in [0.29, 0.717) is 48.6 Å². The molecule has 2 aliphatic rings. The first-order valence-electron chi connectivity index (χ1n) is 18.8. The molecular formula is C42H56N8O4. The number of nitrogens with zero attached hydrogens (tertiary/aromatic N) is 4. The number of carboxylic acid groups (broad SMARTS) is 1. The third kappa shape index (κ3) is 8.50. The van der Waals surface area contributed by atoms with Crippen LogP contribution in [-0.4, -0.2) is 107 Å². The van der Waals surface area contributed by atoms with Gasteiger partial charge in [0.25, 0.3) is 0 Å². The van der Waals surface area contributed by atoms with E-state index in [1.807, 2.05) is 56.2 Å². The molecule has 0 aliphatic carbocycles. The summed E-state index contributed by atoms with van der Waals surface area (Å²) in [6, 6.07) is 6.04. The van der Waals surface area contributed by atoms with Crippen molar-refractivity contribution in [2.75, 3.05) is 54.4 Å². The second kappa shape index (κ2) is 16.9. The smallest absolute Gasteiger partial charge is 0.338 e. The number of aromatic amines is 2. The van der Waals surface area contributed by atoms with Crippen LogP contribution < -0.4 is 10.6 Å². The largest absolute Gasteiger partial charge is 0.478 e. The maximum atomic E-state index is 13.7. The zero-order valence-corrected chi connectivity index (χ0v) is 33.3. The van der Waals surface area contributed by atoms with Gasteiger partial charge in [-0.3, -0.25) is 14.6 Å². The van der Waals surface area contributed by atoms with E-state index < -0.39 is 5.97 Å². The number of hydrogen-bond acceptors (Lipinski definition) is 7. The van der Waals surface area contributed by atoms with E-state index in [1.165, 1.54) is 0 Å². The highest BCUT2D eigenvalue weighted by Gasteiger charge is 2.35. The van der Waals surface area contributed by atoms with Crippen molar-refractivity contribution in [3.05, 3.63) is 75.4 Å². The molecule has 12 nitrogen and oxygen atoms in total. The molecule has 5 N–H and O–H groups in total. The number of carboxylic acids is 1. The van der Waals surface area contributed by atoms with Crippen molar-refractivity contribution in [1.82, 2.24) is 40.4 Å². The minimum absolute atomic E-state index is 0.0442. The fourth-order valence-electron chi connectivity index (χ4n) is 7.53. The average Bonchev–Trinajstić information content (AvgIpc) is 3.78. The van der Waals surface area contributed by atoms with Gasteiger partial charge in [-0.25, -0.2) is 9.78 Å². The summed E-state index contributed by atoms with van der Waals surface area (Å²) in [5.74, 6) is -1.91. The number of likely N-dealkylation sites (N-methyl/N-ethyl adjacent to an activating group) is 2. The lowest BCUT2D eigenvalue weighted by molar-refractivity contribution is -0.130. The molecule has 0 saturated heterocycles. The molecule has 0 radical (unpaired) electrons. The number of carbonyl (C=O) groups excluding carboxylic acids is 2. The molecule has 0 unspecified atom stereocenters. The molecule has 54 heavy (non-hydrogen) atoms. The van der Waals surface area contributed by atoms with Crippen molar-refractivity contribution in [2.24, 2.45) is 0 Å². The molecule has 5 heterocycles. The Morgan fingerprint density at radius 3 is 2.11 bits per heavy atom. The molecule has 12 heteroatoms. The van der Waals surface area contributed by atoms with E-state index in [9.17, 15) is 19.5 Å². The average molecular weight is 737 g/mol. The molecule has 3 aromatic heterocycles. The predicted octanol–water partition coefficient (Wildman–Crippen LogP) is 5.72. The van der Waals surface area contributed by atoms with Gasteiger partial charge in [-0.15, -0.1) is 0 Å². The zero-order chi connectivity index (χ0) is 39.4. The Hall–Kier alpha value is -5.07. The van der Waals surface area contributed by atoms with E-state index in [4.69, 9.17) is 9.97 Å². The lowest BCUT2D eigenvalue weighted by Crippen LogP contribution is -2.33. The molecule has 5 rings (SSSR count). The van der Waals surface area contributed by atoms with Crippen LogP contribution >= 0.6 is 0 Å². The Morgan fingerprint density at radius 2 is 1.50 bits per heavy atom. The predicted molar refractivity (Wildman–Crippen MR) is 217 cm³/mol. The quantitative estimate of drug-likeness (QED) is 0.141. The van der Waals surface area contributed by atoms with Gasteiger partial charge in [0.15, 0.2) is 0 Å². The van der Waals surface area contributed by atoms with Crippen molar-refractivity contribution >= 4 is 57.1 Å². The summed E-state index contributed by atoms with van der Waals surface area (Å²) in [4.78, 5) is 61.5. The number of aliphatic carboxylic acids is 1. The fourth-order valence-corrected chi connectivity index (χ4v) is 7.53. The normalized spacial score (nSPS) is 15.6. The van der Waals surface area contributed by atoms with Crippen molar-refractivity contribution < 1.29 is 19.5 Å². The third-order valence-electron chi connectivity index (χ3n) is 10.7. The van der Waals surface area contributed by atoms with Gasteiger partial charge in [0.1, 0.15) is 0 Å². The topological polar surface area (TPSA) is 159 Å². The SMILES string of the molecule is C=Cc1c(C)c2cc3nc(c(CC(=O)NCCN(C)C)c4nc(cc5[nH]c(cc1[nH]2)c(C)c5CC)C(C)=C4C(=O)O)[C@@H](CCC(=O)NCCN(C)C)[C@@H]3C. The highest BCUT2D eigenvalue weighted by atomic mass is 16.4. The molecule has 2 aliphatic heterocycles. The summed E-state index contributed by atoms with van der Waals surface area (Å²) < 4.78 is 0. The Kier molecular flexibility index (Phi) is 12.6. The van der Waals surface area contributed by atoms with E-state index in [2.05, 4.69) is 60.9 Å². The second-order valence-electron chi connectivity index (χ2n) is 15.0. The minimum atomic E-state index is -1.13. The first-order chi connectivity index (χ1) is 25.6. The standard InChI is InChI=1S/C42H56N8O4/c1-11-27-23(3)31-20-33-25(5)29(13-14-37(51)43-15-17-49(7)8)40(47-33)30(19-38(52)44-16-18-50(9)10)41-39(42(53)54)26(6)34(48-41)22-36-28(12-2)24(4)32(46-36)21-35(27)45-31/h11,20-22,25,29,45-46H,1,12-19H2,2-10H3,(H,43,51)(H,44,52)(H,53,54)/t25-,29-/m0/s1. The van der Waals surface area contributed by atoms with Crippen LogP contribution in [0.5, 0.6) is 0 Å². The third-order valence-corrected chi connectivity index (χ3v) is 10.7. The van der Waals surface area contributed by atoms with Crippen LogP contribution in [0.4, 0.5) is 0 Å². The summed E-state index contributed by atoms with van der Waals surface area (Å²) in [5, 5.41) is 16.8. The number of fused-ring (bicyclic) bond motifs is 8. The first-order valence-corrected chi connectivity index (χ1v) is 18.8. The molecule has 2 amide bonds. The molecule has 0 saturated carbocycles. The Bertz CT molecular complexity index is 2160. The van der Waals surface area contributed by atoms with Crippen LogP contribution in [0.25, 0.3) is 39.3 Å². The van der Waals surface area contributed by atoms with Crippen molar-refractivity contribution in [3.8, 4) is 0 Å². The van der Waals surface area contributed by atoms with E-state index in [1.54, 1.807) is 6.92 Å². The van der Waals surface area contributed by atoms with E-state index in [0.717, 1.165) is 63.0 Å². The zero-order valence-electron chi connectivity index (χ0n) is 33.3. The van der Waals surface area contributed by atoms with Gasteiger partial charge in [0.05, 0.1) is 29.1 Å². The molecule has 0 spiro atoms. The molecule has 8 bridgehead atoms. The highest BCUT2D eigenvalue weighted by Crippen LogP contribution is 2.43. The van der Waals surface area contributed by atoms with Gasteiger partial charge in [0.2, 0.25) is 11.8 Å². The Morgan fingerprint density at radius 1 is 0.870 bits per heavy atom. The number of amides is 2. The van der Waals surface area contributed by atoms with Crippen LogP contribution in [-0.2, 0) is 27.2 Å². The minimum Gasteiger partial charge on any atom is -0.478 e. The lowest BCUT2D eigenvalue weighted by Gasteiger charge is -2.19. The summed E-state index contributed by atoms with van der Waals surface area (Å²) in [6.45, 7) is 16.5. The summed E-state index contributed by atoms with van der Waals surface area (Å²) in [6.07, 6.45) is 3.17. The van der Waals surface area contributed by atoms with Gasteiger partial charge in [-0.1, -0.05) is 26.5 Å². The monoisotopic (exact) mass is 736 g/mol. The number of carbonyl (C=O) groups is 3. The van der Waals surface area contributed by atoms with Crippen molar-refractivity contribution in [3.63, 3.8) is 0 Å². The maximum absolute atomic E-state index is 13.7. The lowest BCUT2D eigenvalue weighted by atomic mass is 9.84. The number of allylic oxidation sites excluding steroid dienone is 1. The number of aromatic nitrogens is 4. The highest BCUT2D eigenvalue weighted by molar-refractivity contribution is 6.24. The number of nitrogens with one attached hydrogen (secondary N) is 4. The molecule has 288 valence electrons. The molecule has 0 aromatic carbocycles. The van der Waals surface area contributed by atoms with Crippen LogP contribution in [0.15, 0.2) is 24.8 Å². The van der Waals surface area contributed by atoms with Gasteiger partial charge in [-0.05, 0) is 102 Å². The van der Waals surface area contributed by atoms with Gasteiger partial charge in [0, 0.05) is 83.3 Å². The van der Waals surface area contributed by atoms with Crippen molar-refractivity contribution in [1.29, 1.82) is 0 Å². The van der Waals surface area contributed by atoms with Crippen LogP contribution in [0.2, 0.25) is 0 Å². The number of rotatable bonds is 14. The molecule has 3 aromatic rings. The van der Waals surface area contributed by atoms with Crippen molar-refractivity contribution in [2.45, 2.75) is 72.1 Å². The van der Waals surface area contributed by atoms with Crippen LogP contribution in [0.1, 0.15) is 96.0 Å². The summed E-state index contributed by atoms with van der Waals surface area (Å²) >= 11 is 0. The Balaban J connectivity index is 1.85. The van der Waals surface area contributed by atoms with Crippen LogP contribution in [0, 0.1) is 13.8 Å². The fraction of sp³-hybridized carbons (Fsp3) is 0.452. The summed E-state index contributed by atoms with van der Waals surface area (Å²) in [5.41, 5.74) is 10.8. The van der Waals surface area contributed by atoms with Gasteiger partial charge < -0.3 is 35.5 Å². The van der Waals surface area contributed by atoms with E-state index >= 15 is 0 Å². The maximum Gasteiger partial charge on any atom is 0.338 e. The second-order valence-corrected chi connectivity index (χ2v) is 15.0. The van der Waals surface area contributed by atoms with Gasteiger partial charge in [-0.2, -0.15) is 0 Å². The molecular weight excluding hydrogens is 681 g/mol. The number of H-pyrrole nitrogens is 2. The first kappa shape index (κ1) is 40.1. The Labute approximate surface area is 318 Å². The van der Waals surface area contributed by atoms with E-state index in [-0.39, 0.29) is 47.8 Å². The van der Waals surface area contributed by atoms with Crippen LogP contribution in [0.3, 0.4) is 0 Å². The number of aryl methyl sites for hydroxylation is 3. The summed E-state index contributed by atoms with van der Waals surface area (Å²) in [7, 11) is 7.78. The molecule has 2 atom stereocenters. The van der Waals surface area contributed by atoms with Gasteiger partial charge >= 0.3 is 5.97 Å². The number of hydrogen-bond donors (Lipinski definition) is 5. The molecule has 0 fully saturated rings.